The summed E-state index contributed by atoms with van der Waals surface area (Å²) in [7, 11) is 2.22. The number of likely N-dealkylation sites (tertiary alicyclic amines) is 1. The molecule has 2 fully saturated rings. The first-order valence-electron chi connectivity index (χ1n) is 9.11. The second-order valence-electron chi connectivity index (χ2n) is 7.48. The van der Waals surface area contributed by atoms with Crippen molar-refractivity contribution in [3.05, 3.63) is 29.3 Å². The minimum Gasteiger partial charge on any atom is -0.376 e. The monoisotopic (exact) mass is 345 g/mol. The number of aryl methyl sites for hydroxylation is 1. The number of fused-ring (bicyclic) bond motifs is 3. The van der Waals surface area contributed by atoms with Crippen molar-refractivity contribution in [1.29, 1.82) is 0 Å². The highest BCUT2D eigenvalue weighted by molar-refractivity contribution is 7.80. The molecule has 3 heterocycles. The molecular weight excluding hydrogens is 318 g/mol. The standard InChI is InChI=1S/C19H27N3OS/c1-13-5-6-17-15(10-13)16-12-21(2)8-7-18(16)22(17)19(24)20-11-14-4-3-9-23-14/h5-6,10,14,16,18H,3-4,7-9,11-12H2,1-2H3,(H,20,24)/t14-,16-,18+/m0/s1. The summed E-state index contributed by atoms with van der Waals surface area (Å²) in [5, 5.41) is 4.35. The van der Waals surface area contributed by atoms with E-state index in [9.17, 15) is 0 Å². The van der Waals surface area contributed by atoms with E-state index in [1.54, 1.807) is 0 Å². The molecule has 0 radical (unpaired) electrons. The summed E-state index contributed by atoms with van der Waals surface area (Å²) in [6.45, 7) is 6.15. The maximum atomic E-state index is 5.80. The second kappa shape index (κ2) is 6.62. The van der Waals surface area contributed by atoms with Gasteiger partial charge in [-0.15, -0.1) is 0 Å². The molecule has 2 saturated heterocycles. The van der Waals surface area contributed by atoms with E-state index in [1.165, 1.54) is 23.2 Å². The predicted octanol–water partition coefficient (Wildman–Crippen LogP) is 2.66. The van der Waals surface area contributed by atoms with Gasteiger partial charge in [0.05, 0.1) is 6.10 Å². The van der Waals surface area contributed by atoms with Gasteiger partial charge in [0.25, 0.3) is 0 Å². The molecule has 3 aliphatic heterocycles. The lowest BCUT2D eigenvalue weighted by atomic mass is 9.89. The van der Waals surface area contributed by atoms with Crippen molar-refractivity contribution in [1.82, 2.24) is 10.2 Å². The Labute approximate surface area is 150 Å². The first kappa shape index (κ1) is 16.3. The third-order valence-electron chi connectivity index (χ3n) is 5.68. The van der Waals surface area contributed by atoms with Gasteiger partial charge >= 0.3 is 0 Å². The fourth-order valence-electron chi connectivity index (χ4n) is 4.44. The van der Waals surface area contributed by atoms with Crippen LogP contribution in [-0.4, -0.2) is 55.4 Å². The Hall–Kier alpha value is -1.17. The Morgan fingerprint density at radius 1 is 1.38 bits per heavy atom. The number of ether oxygens (including phenoxy) is 1. The fraction of sp³-hybridized carbons (Fsp3) is 0.632. The van der Waals surface area contributed by atoms with Crippen molar-refractivity contribution < 1.29 is 4.74 Å². The summed E-state index contributed by atoms with van der Waals surface area (Å²) in [6, 6.07) is 7.30. The van der Waals surface area contributed by atoms with E-state index in [1.807, 2.05) is 0 Å². The van der Waals surface area contributed by atoms with E-state index in [-0.39, 0.29) is 0 Å². The number of benzene rings is 1. The zero-order valence-corrected chi connectivity index (χ0v) is 15.4. The second-order valence-corrected chi connectivity index (χ2v) is 7.86. The summed E-state index contributed by atoms with van der Waals surface area (Å²) in [6.07, 6.45) is 3.79. The number of rotatable bonds is 2. The van der Waals surface area contributed by atoms with Gasteiger partial charge < -0.3 is 19.9 Å². The predicted molar refractivity (Wildman–Crippen MR) is 102 cm³/mol. The van der Waals surface area contributed by atoms with Crippen molar-refractivity contribution in [2.24, 2.45) is 0 Å². The van der Waals surface area contributed by atoms with Gasteiger partial charge in [-0.2, -0.15) is 0 Å². The molecule has 0 aromatic heterocycles. The molecule has 1 N–H and O–H groups in total. The minimum absolute atomic E-state index is 0.316. The van der Waals surface area contributed by atoms with Crippen LogP contribution in [0.25, 0.3) is 0 Å². The number of likely N-dealkylation sites (N-methyl/N-ethyl adjacent to an activating group) is 1. The van der Waals surface area contributed by atoms with Gasteiger partial charge in [-0.25, -0.2) is 0 Å². The Morgan fingerprint density at radius 3 is 3.04 bits per heavy atom. The number of thiocarbonyl (C=S) groups is 1. The van der Waals surface area contributed by atoms with Crippen LogP contribution < -0.4 is 10.2 Å². The SMILES string of the molecule is Cc1ccc2c(c1)[C@@H]1CN(C)CC[C@H]1N2C(=S)NC[C@@H]1CCCO1. The van der Waals surface area contributed by atoms with Gasteiger partial charge in [-0.3, -0.25) is 0 Å². The molecular formula is C19H27N3OS. The molecule has 4 nitrogen and oxygen atoms in total. The van der Waals surface area contributed by atoms with E-state index in [0.717, 1.165) is 44.2 Å². The van der Waals surface area contributed by atoms with Crippen LogP contribution in [0.1, 0.15) is 36.3 Å². The Bertz CT molecular complexity index is 629. The van der Waals surface area contributed by atoms with E-state index in [0.29, 0.717) is 18.1 Å². The van der Waals surface area contributed by atoms with Gasteiger partial charge in [-0.05, 0) is 63.6 Å². The number of nitrogens with zero attached hydrogens (tertiary/aromatic N) is 2. The highest BCUT2D eigenvalue weighted by Gasteiger charge is 2.42. The van der Waals surface area contributed by atoms with Gasteiger partial charge in [0.2, 0.25) is 0 Å². The molecule has 24 heavy (non-hydrogen) atoms. The summed E-state index contributed by atoms with van der Waals surface area (Å²) >= 11 is 5.80. The number of hydrogen-bond donors (Lipinski definition) is 1. The Morgan fingerprint density at radius 2 is 2.25 bits per heavy atom. The van der Waals surface area contributed by atoms with Crippen LogP contribution in [0.5, 0.6) is 0 Å². The number of anilines is 1. The number of nitrogens with one attached hydrogen (secondary N) is 1. The van der Waals surface area contributed by atoms with Gasteiger partial charge in [0, 0.05) is 37.3 Å². The largest absolute Gasteiger partial charge is 0.376 e. The molecule has 0 amide bonds. The zero-order valence-electron chi connectivity index (χ0n) is 14.6. The molecule has 0 spiro atoms. The van der Waals surface area contributed by atoms with Crippen molar-refractivity contribution in [2.45, 2.75) is 44.2 Å². The molecule has 3 aliphatic rings. The third-order valence-corrected chi connectivity index (χ3v) is 6.02. The average molecular weight is 346 g/mol. The first-order valence-corrected chi connectivity index (χ1v) is 9.52. The molecule has 0 unspecified atom stereocenters. The summed E-state index contributed by atoms with van der Waals surface area (Å²) in [4.78, 5) is 4.83. The number of piperidine rings is 1. The molecule has 5 heteroatoms. The highest BCUT2D eigenvalue weighted by Crippen LogP contribution is 2.44. The Kier molecular flexibility index (Phi) is 4.50. The van der Waals surface area contributed by atoms with Gasteiger partial charge in [0.1, 0.15) is 0 Å². The lowest BCUT2D eigenvalue weighted by Crippen LogP contribution is -2.51. The molecule has 1 aromatic rings. The molecule has 4 rings (SSSR count). The summed E-state index contributed by atoms with van der Waals surface area (Å²) in [5.41, 5.74) is 4.10. The van der Waals surface area contributed by atoms with Crippen LogP contribution in [-0.2, 0) is 4.74 Å². The van der Waals surface area contributed by atoms with E-state index in [2.05, 4.69) is 47.3 Å². The molecule has 0 aliphatic carbocycles. The maximum absolute atomic E-state index is 5.80. The summed E-state index contributed by atoms with van der Waals surface area (Å²) in [5.74, 6) is 0.557. The molecule has 0 saturated carbocycles. The van der Waals surface area contributed by atoms with Crippen LogP contribution >= 0.6 is 12.2 Å². The van der Waals surface area contributed by atoms with Crippen molar-refractivity contribution in [2.75, 3.05) is 38.2 Å². The molecule has 0 bridgehead atoms. The fourth-order valence-corrected chi connectivity index (χ4v) is 4.75. The quantitative estimate of drug-likeness (QED) is 0.832. The average Bonchev–Trinajstić information content (AvgIpc) is 3.18. The van der Waals surface area contributed by atoms with Crippen LogP contribution in [0.15, 0.2) is 18.2 Å². The molecule has 130 valence electrons. The Balaban J connectivity index is 1.56. The van der Waals surface area contributed by atoms with Crippen LogP contribution in [0.4, 0.5) is 5.69 Å². The summed E-state index contributed by atoms with van der Waals surface area (Å²) < 4.78 is 5.72. The minimum atomic E-state index is 0.316. The van der Waals surface area contributed by atoms with Gasteiger partial charge in [-0.1, -0.05) is 17.7 Å². The third kappa shape index (κ3) is 2.93. The van der Waals surface area contributed by atoms with Crippen molar-refractivity contribution in [3.8, 4) is 0 Å². The topological polar surface area (TPSA) is 27.7 Å². The lowest BCUT2D eigenvalue weighted by Gasteiger charge is -2.37. The van der Waals surface area contributed by atoms with Crippen LogP contribution in [0, 0.1) is 6.92 Å². The van der Waals surface area contributed by atoms with E-state index in [4.69, 9.17) is 17.0 Å². The van der Waals surface area contributed by atoms with E-state index >= 15 is 0 Å². The van der Waals surface area contributed by atoms with Crippen LogP contribution in [0.2, 0.25) is 0 Å². The highest BCUT2D eigenvalue weighted by atomic mass is 32.1. The molecule has 1 aromatic carbocycles. The zero-order chi connectivity index (χ0) is 16.7. The van der Waals surface area contributed by atoms with Crippen molar-refractivity contribution >= 4 is 23.0 Å². The van der Waals surface area contributed by atoms with Gasteiger partial charge in [0.15, 0.2) is 5.11 Å². The van der Waals surface area contributed by atoms with E-state index < -0.39 is 0 Å². The first-order chi connectivity index (χ1) is 11.6. The smallest absolute Gasteiger partial charge is 0.173 e. The van der Waals surface area contributed by atoms with Crippen LogP contribution in [0.3, 0.4) is 0 Å². The molecule has 3 atom stereocenters. The maximum Gasteiger partial charge on any atom is 0.173 e. The number of hydrogen-bond acceptors (Lipinski definition) is 3. The normalized spacial score (nSPS) is 29.4. The lowest BCUT2D eigenvalue weighted by molar-refractivity contribution is 0.114. The van der Waals surface area contributed by atoms with Crippen molar-refractivity contribution in [3.63, 3.8) is 0 Å².